The van der Waals surface area contributed by atoms with Gasteiger partial charge < -0.3 is 9.88 Å². The molecule has 4 rings (SSSR count). The van der Waals surface area contributed by atoms with Gasteiger partial charge in [0.05, 0.1) is 5.69 Å². The van der Waals surface area contributed by atoms with Crippen molar-refractivity contribution in [3.8, 4) is 16.8 Å². The van der Waals surface area contributed by atoms with Crippen LogP contribution in [0.3, 0.4) is 0 Å². The van der Waals surface area contributed by atoms with Crippen LogP contribution in [0.25, 0.3) is 16.8 Å². The van der Waals surface area contributed by atoms with Gasteiger partial charge in [-0.15, -0.1) is 5.10 Å². The van der Waals surface area contributed by atoms with E-state index in [2.05, 4.69) is 25.8 Å². The zero-order valence-electron chi connectivity index (χ0n) is 18.3. The minimum atomic E-state index is -0.452. The van der Waals surface area contributed by atoms with Crippen LogP contribution in [0.4, 0.5) is 5.82 Å². The molecule has 1 N–H and O–H groups in total. The van der Waals surface area contributed by atoms with Crippen LogP contribution in [-0.2, 0) is 7.05 Å². The van der Waals surface area contributed by atoms with Gasteiger partial charge >= 0.3 is 5.69 Å². The highest BCUT2D eigenvalue weighted by atomic mass is 16.2. The second kappa shape index (κ2) is 8.54. The SMILES string of the molecule is Cc1ccc(-c2cc(C(=O)Nc3ccn(C)c(=O)n3)cc(-n3nnnc3C(C)C)c2)cc1. The number of nitrogens with one attached hydrogen (secondary N) is 1. The first-order chi connectivity index (χ1) is 15.3. The highest BCUT2D eigenvalue weighted by Gasteiger charge is 2.17. The van der Waals surface area contributed by atoms with Crippen LogP contribution in [0.5, 0.6) is 0 Å². The molecular formula is C23H23N7O2. The molecule has 0 unspecified atom stereocenters. The minimum Gasteiger partial charge on any atom is -0.306 e. The van der Waals surface area contributed by atoms with Gasteiger partial charge in [-0.05, 0) is 52.7 Å². The Morgan fingerprint density at radius 2 is 1.78 bits per heavy atom. The van der Waals surface area contributed by atoms with E-state index in [9.17, 15) is 9.59 Å². The Hall–Kier alpha value is -4.14. The fraction of sp³-hybridized carbons (Fsp3) is 0.217. The Balaban J connectivity index is 1.80. The van der Waals surface area contributed by atoms with Crippen molar-refractivity contribution in [3.05, 3.63) is 82.2 Å². The van der Waals surface area contributed by atoms with Crippen molar-refractivity contribution in [2.75, 3.05) is 5.32 Å². The number of tetrazole rings is 1. The summed E-state index contributed by atoms with van der Waals surface area (Å²) in [4.78, 5) is 28.8. The van der Waals surface area contributed by atoms with E-state index in [-0.39, 0.29) is 17.6 Å². The predicted molar refractivity (Wildman–Crippen MR) is 121 cm³/mol. The molecule has 0 fully saturated rings. The summed E-state index contributed by atoms with van der Waals surface area (Å²) >= 11 is 0. The number of anilines is 1. The second-order valence-electron chi connectivity index (χ2n) is 7.90. The molecule has 0 bridgehead atoms. The maximum atomic E-state index is 13.1. The van der Waals surface area contributed by atoms with Gasteiger partial charge in [0.2, 0.25) is 0 Å². The molecule has 0 aliphatic heterocycles. The fourth-order valence-corrected chi connectivity index (χ4v) is 3.24. The van der Waals surface area contributed by atoms with Crippen molar-refractivity contribution < 1.29 is 4.79 Å². The number of carbonyl (C=O) groups excluding carboxylic acids is 1. The van der Waals surface area contributed by atoms with E-state index in [4.69, 9.17) is 0 Å². The highest BCUT2D eigenvalue weighted by molar-refractivity contribution is 6.05. The van der Waals surface area contributed by atoms with Crippen LogP contribution >= 0.6 is 0 Å². The van der Waals surface area contributed by atoms with E-state index in [0.29, 0.717) is 17.1 Å². The molecule has 0 spiro atoms. The maximum Gasteiger partial charge on any atom is 0.349 e. The molecule has 2 heterocycles. The molecule has 1 amide bonds. The summed E-state index contributed by atoms with van der Waals surface area (Å²) in [5.74, 6) is 0.575. The summed E-state index contributed by atoms with van der Waals surface area (Å²) in [6, 6.07) is 15.1. The first-order valence-corrected chi connectivity index (χ1v) is 10.2. The molecule has 0 saturated heterocycles. The number of carbonyl (C=O) groups is 1. The van der Waals surface area contributed by atoms with Gasteiger partial charge in [-0.2, -0.15) is 9.67 Å². The highest BCUT2D eigenvalue weighted by Crippen LogP contribution is 2.26. The third kappa shape index (κ3) is 4.31. The number of hydrogen-bond donors (Lipinski definition) is 1. The molecule has 9 nitrogen and oxygen atoms in total. The Bertz CT molecular complexity index is 1340. The Kier molecular flexibility index (Phi) is 5.63. The van der Waals surface area contributed by atoms with E-state index in [1.54, 1.807) is 36.1 Å². The van der Waals surface area contributed by atoms with Crippen LogP contribution in [-0.4, -0.2) is 35.7 Å². The van der Waals surface area contributed by atoms with Crippen LogP contribution in [0.1, 0.15) is 41.5 Å². The monoisotopic (exact) mass is 429 g/mol. The van der Waals surface area contributed by atoms with Crippen LogP contribution in [0, 0.1) is 6.92 Å². The van der Waals surface area contributed by atoms with E-state index in [1.165, 1.54) is 4.57 Å². The Morgan fingerprint density at radius 3 is 2.47 bits per heavy atom. The van der Waals surface area contributed by atoms with Crippen LogP contribution < -0.4 is 11.0 Å². The molecule has 0 saturated carbocycles. The van der Waals surface area contributed by atoms with Gasteiger partial charge in [-0.1, -0.05) is 43.7 Å². The zero-order valence-corrected chi connectivity index (χ0v) is 18.3. The molecule has 2 aromatic heterocycles. The van der Waals surface area contributed by atoms with Gasteiger partial charge in [-0.25, -0.2) is 4.79 Å². The van der Waals surface area contributed by atoms with Gasteiger partial charge in [0, 0.05) is 24.7 Å². The Morgan fingerprint density at radius 1 is 1.03 bits per heavy atom. The quantitative estimate of drug-likeness (QED) is 0.522. The van der Waals surface area contributed by atoms with Crippen molar-refractivity contribution in [1.29, 1.82) is 0 Å². The van der Waals surface area contributed by atoms with Gasteiger partial charge in [0.25, 0.3) is 5.91 Å². The number of rotatable bonds is 5. The largest absolute Gasteiger partial charge is 0.349 e. The molecule has 32 heavy (non-hydrogen) atoms. The standard InChI is InChI=1S/C23H23N7O2/c1-14(2)21-26-27-28-30(21)19-12-17(16-7-5-15(3)6-8-16)11-18(13-19)22(31)24-20-9-10-29(4)23(32)25-20/h5-14H,1-4H3,(H,24,25,31,32). The summed E-state index contributed by atoms with van der Waals surface area (Å²) in [5.41, 5.74) is 3.55. The summed E-state index contributed by atoms with van der Waals surface area (Å²) < 4.78 is 2.96. The van der Waals surface area contributed by atoms with Gasteiger partial charge in [0.1, 0.15) is 5.82 Å². The van der Waals surface area contributed by atoms with Crippen LogP contribution in [0.2, 0.25) is 0 Å². The lowest BCUT2D eigenvalue weighted by Crippen LogP contribution is -2.22. The summed E-state index contributed by atoms with van der Waals surface area (Å²) in [6.07, 6.45) is 1.55. The average Bonchev–Trinajstić information content (AvgIpc) is 3.27. The van der Waals surface area contributed by atoms with Crippen LogP contribution in [0.15, 0.2) is 59.5 Å². The predicted octanol–water partition coefficient (Wildman–Crippen LogP) is 3.11. The number of aryl methyl sites for hydroxylation is 2. The smallest absolute Gasteiger partial charge is 0.306 e. The third-order valence-corrected chi connectivity index (χ3v) is 5.03. The lowest BCUT2D eigenvalue weighted by molar-refractivity contribution is 0.102. The first-order valence-electron chi connectivity index (χ1n) is 10.2. The molecule has 9 heteroatoms. The lowest BCUT2D eigenvalue weighted by atomic mass is 10.0. The Labute approximate surface area is 184 Å². The van der Waals surface area contributed by atoms with E-state index >= 15 is 0 Å². The van der Waals surface area contributed by atoms with Gasteiger partial charge in [-0.3, -0.25) is 4.79 Å². The number of nitrogens with zero attached hydrogens (tertiary/aromatic N) is 6. The number of aromatic nitrogens is 6. The molecule has 0 radical (unpaired) electrons. The third-order valence-electron chi connectivity index (χ3n) is 5.03. The average molecular weight is 429 g/mol. The number of amides is 1. The van der Waals surface area contributed by atoms with E-state index in [0.717, 1.165) is 16.7 Å². The van der Waals surface area contributed by atoms with Crippen molar-refractivity contribution in [2.45, 2.75) is 26.7 Å². The summed E-state index contributed by atoms with van der Waals surface area (Å²) in [6.45, 7) is 6.02. The van der Waals surface area contributed by atoms with Crippen molar-refractivity contribution in [2.24, 2.45) is 7.05 Å². The molecular weight excluding hydrogens is 406 g/mol. The van der Waals surface area contributed by atoms with Crippen molar-refractivity contribution in [1.82, 2.24) is 29.8 Å². The second-order valence-corrected chi connectivity index (χ2v) is 7.90. The summed E-state index contributed by atoms with van der Waals surface area (Å²) in [7, 11) is 1.59. The lowest BCUT2D eigenvalue weighted by Gasteiger charge is -2.12. The van der Waals surface area contributed by atoms with Crippen molar-refractivity contribution in [3.63, 3.8) is 0 Å². The molecule has 0 aliphatic rings. The number of hydrogen-bond acceptors (Lipinski definition) is 6. The topological polar surface area (TPSA) is 108 Å². The maximum absolute atomic E-state index is 13.1. The number of benzene rings is 2. The van der Waals surface area contributed by atoms with Gasteiger partial charge in [0.15, 0.2) is 5.82 Å². The van der Waals surface area contributed by atoms with E-state index in [1.807, 2.05) is 51.1 Å². The minimum absolute atomic E-state index is 0.0926. The van der Waals surface area contributed by atoms with Crippen molar-refractivity contribution >= 4 is 11.7 Å². The molecule has 0 atom stereocenters. The molecule has 4 aromatic rings. The summed E-state index contributed by atoms with van der Waals surface area (Å²) in [5, 5.41) is 14.8. The van der Waals surface area contributed by atoms with E-state index < -0.39 is 5.69 Å². The first kappa shape index (κ1) is 21.1. The zero-order chi connectivity index (χ0) is 22.8. The molecule has 162 valence electrons. The normalized spacial score (nSPS) is 11.0. The fourth-order valence-electron chi connectivity index (χ4n) is 3.24. The molecule has 2 aromatic carbocycles. The molecule has 0 aliphatic carbocycles.